The van der Waals surface area contributed by atoms with Crippen LogP contribution in [0.25, 0.3) is 0 Å². The Morgan fingerprint density at radius 2 is 1.81 bits per heavy atom. The van der Waals surface area contributed by atoms with Gasteiger partial charge in [0.25, 0.3) is 0 Å². The standard InChI is InChI=1S/C29H35F3N2O2/c1-20(2)28(12-15-33-13-10-22(11-14-33)16-21-6-4-3-5-7-21)18-26-34(27(28)35)19-23-17-24(29(30,31)32)8-9-25(23)36-26/h3-9,17,20,22,26H,10-16,18-19H2,1-2H3. The van der Waals surface area contributed by atoms with E-state index < -0.39 is 23.4 Å². The number of benzene rings is 2. The van der Waals surface area contributed by atoms with Crippen molar-refractivity contribution in [3.8, 4) is 5.75 Å². The predicted molar refractivity (Wildman–Crippen MR) is 132 cm³/mol. The number of carbonyl (C=O) groups is 1. The summed E-state index contributed by atoms with van der Waals surface area (Å²) in [7, 11) is 0. The van der Waals surface area contributed by atoms with Crippen LogP contribution in [0.2, 0.25) is 0 Å². The van der Waals surface area contributed by atoms with Gasteiger partial charge < -0.3 is 14.5 Å². The Kier molecular flexibility index (Phi) is 6.79. The molecule has 2 saturated heterocycles. The molecule has 0 aromatic heterocycles. The van der Waals surface area contributed by atoms with E-state index in [0.29, 0.717) is 23.7 Å². The minimum Gasteiger partial charge on any atom is -0.470 e. The minimum atomic E-state index is -4.42. The number of rotatable bonds is 6. The molecule has 0 spiro atoms. The van der Waals surface area contributed by atoms with E-state index in [4.69, 9.17) is 4.74 Å². The molecule has 3 aliphatic rings. The zero-order chi connectivity index (χ0) is 25.5. The first kappa shape index (κ1) is 25.1. The summed E-state index contributed by atoms with van der Waals surface area (Å²) in [6, 6.07) is 14.2. The molecule has 194 valence electrons. The number of amides is 1. The van der Waals surface area contributed by atoms with Crippen molar-refractivity contribution in [2.75, 3.05) is 19.6 Å². The highest BCUT2D eigenvalue weighted by atomic mass is 19.4. The van der Waals surface area contributed by atoms with Gasteiger partial charge >= 0.3 is 6.18 Å². The monoisotopic (exact) mass is 500 g/mol. The normalized spacial score (nSPS) is 25.1. The molecule has 1 amide bonds. The van der Waals surface area contributed by atoms with Crippen LogP contribution in [0.15, 0.2) is 48.5 Å². The molecule has 5 rings (SSSR count). The molecule has 0 aliphatic carbocycles. The summed E-state index contributed by atoms with van der Waals surface area (Å²) in [6.45, 7) is 7.26. The van der Waals surface area contributed by atoms with Gasteiger partial charge in [0.15, 0.2) is 6.23 Å². The number of alkyl halides is 3. The molecule has 0 radical (unpaired) electrons. The summed E-state index contributed by atoms with van der Waals surface area (Å²) < 4.78 is 45.7. The highest BCUT2D eigenvalue weighted by Gasteiger charge is 2.55. The van der Waals surface area contributed by atoms with Crippen LogP contribution in [0, 0.1) is 17.3 Å². The molecule has 2 fully saturated rings. The van der Waals surface area contributed by atoms with E-state index in [9.17, 15) is 18.0 Å². The number of piperidine rings is 1. The lowest BCUT2D eigenvalue weighted by Gasteiger charge is -2.36. The Morgan fingerprint density at radius 1 is 1.08 bits per heavy atom. The highest BCUT2D eigenvalue weighted by molar-refractivity contribution is 5.86. The van der Waals surface area contributed by atoms with Gasteiger partial charge in [0.2, 0.25) is 5.91 Å². The van der Waals surface area contributed by atoms with Crippen molar-refractivity contribution in [2.45, 2.75) is 64.9 Å². The fraction of sp³-hybridized carbons (Fsp3) is 0.552. The molecule has 0 bridgehead atoms. The first-order valence-corrected chi connectivity index (χ1v) is 13.1. The third kappa shape index (κ3) is 4.86. The quantitative estimate of drug-likeness (QED) is 0.477. The summed E-state index contributed by atoms with van der Waals surface area (Å²) in [4.78, 5) is 17.9. The number of halogens is 3. The van der Waals surface area contributed by atoms with E-state index >= 15 is 0 Å². The molecule has 2 atom stereocenters. The molecule has 3 heterocycles. The fourth-order valence-electron chi connectivity index (χ4n) is 6.23. The molecule has 2 unspecified atom stereocenters. The van der Waals surface area contributed by atoms with Crippen LogP contribution < -0.4 is 4.74 Å². The van der Waals surface area contributed by atoms with Gasteiger partial charge in [-0.1, -0.05) is 44.2 Å². The third-order valence-electron chi connectivity index (χ3n) is 8.62. The van der Waals surface area contributed by atoms with Gasteiger partial charge in [-0.15, -0.1) is 0 Å². The molecule has 2 aromatic carbocycles. The molecular weight excluding hydrogens is 465 g/mol. The Labute approximate surface area is 211 Å². The van der Waals surface area contributed by atoms with E-state index in [1.165, 1.54) is 11.6 Å². The summed E-state index contributed by atoms with van der Waals surface area (Å²) in [6.07, 6.45) is -0.0776. The van der Waals surface area contributed by atoms with Crippen molar-refractivity contribution in [1.82, 2.24) is 9.80 Å². The lowest BCUT2D eigenvalue weighted by atomic mass is 9.72. The smallest absolute Gasteiger partial charge is 0.416 e. The molecule has 0 N–H and O–H groups in total. The van der Waals surface area contributed by atoms with Gasteiger partial charge in [-0.2, -0.15) is 13.2 Å². The largest absolute Gasteiger partial charge is 0.470 e. The van der Waals surface area contributed by atoms with Crippen LogP contribution in [0.4, 0.5) is 13.2 Å². The average Bonchev–Trinajstić information content (AvgIpc) is 3.13. The Bertz CT molecular complexity index is 1080. The fourth-order valence-corrected chi connectivity index (χ4v) is 6.23. The van der Waals surface area contributed by atoms with Crippen molar-refractivity contribution >= 4 is 5.91 Å². The van der Waals surface area contributed by atoms with Crippen LogP contribution in [0.5, 0.6) is 5.75 Å². The van der Waals surface area contributed by atoms with Gasteiger partial charge in [0.1, 0.15) is 5.75 Å². The van der Waals surface area contributed by atoms with Crippen molar-refractivity contribution in [3.63, 3.8) is 0 Å². The Morgan fingerprint density at radius 3 is 2.47 bits per heavy atom. The molecule has 3 aliphatic heterocycles. The van der Waals surface area contributed by atoms with Crippen LogP contribution in [-0.2, 0) is 23.9 Å². The van der Waals surface area contributed by atoms with Gasteiger partial charge in [0.05, 0.1) is 17.5 Å². The number of fused-ring (bicyclic) bond motifs is 2. The maximum absolute atomic E-state index is 13.7. The van der Waals surface area contributed by atoms with Crippen LogP contribution in [-0.4, -0.2) is 41.6 Å². The number of likely N-dealkylation sites (tertiary alicyclic amines) is 1. The van der Waals surface area contributed by atoms with E-state index in [2.05, 4.69) is 49.1 Å². The van der Waals surface area contributed by atoms with Crippen molar-refractivity contribution < 1.29 is 22.7 Å². The van der Waals surface area contributed by atoms with Gasteiger partial charge in [0, 0.05) is 12.0 Å². The third-order valence-corrected chi connectivity index (χ3v) is 8.62. The zero-order valence-corrected chi connectivity index (χ0v) is 21.1. The lowest BCUT2D eigenvalue weighted by Crippen LogP contribution is -2.44. The second kappa shape index (κ2) is 9.73. The van der Waals surface area contributed by atoms with Crippen LogP contribution >= 0.6 is 0 Å². The molecule has 2 aromatic rings. The predicted octanol–water partition coefficient (Wildman–Crippen LogP) is 6.14. The van der Waals surface area contributed by atoms with Gasteiger partial charge in [-0.25, -0.2) is 0 Å². The van der Waals surface area contributed by atoms with Gasteiger partial charge in [-0.3, -0.25) is 4.79 Å². The summed E-state index contributed by atoms with van der Waals surface area (Å²) >= 11 is 0. The lowest BCUT2D eigenvalue weighted by molar-refractivity contribution is -0.142. The maximum Gasteiger partial charge on any atom is 0.416 e. The molecule has 7 heteroatoms. The van der Waals surface area contributed by atoms with Crippen molar-refractivity contribution in [3.05, 3.63) is 65.2 Å². The highest BCUT2D eigenvalue weighted by Crippen LogP contribution is 2.49. The second-order valence-corrected chi connectivity index (χ2v) is 11.1. The van der Waals surface area contributed by atoms with Crippen LogP contribution in [0.3, 0.4) is 0 Å². The number of nitrogens with zero attached hydrogens (tertiary/aromatic N) is 2. The average molecular weight is 501 g/mol. The van der Waals surface area contributed by atoms with Crippen molar-refractivity contribution in [2.24, 2.45) is 17.3 Å². The Balaban J connectivity index is 1.22. The summed E-state index contributed by atoms with van der Waals surface area (Å²) in [5.41, 5.74) is 0.557. The number of ether oxygens (including phenoxy) is 1. The molecule has 4 nitrogen and oxygen atoms in total. The number of hydrogen-bond acceptors (Lipinski definition) is 3. The second-order valence-electron chi connectivity index (χ2n) is 11.1. The Hall–Kier alpha value is -2.54. The minimum absolute atomic E-state index is 0.0181. The maximum atomic E-state index is 13.7. The van der Waals surface area contributed by atoms with E-state index in [0.717, 1.165) is 57.5 Å². The van der Waals surface area contributed by atoms with E-state index in [-0.39, 0.29) is 18.4 Å². The topological polar surface area (TPSA) is 32.8 Å². The van der Waals surface area contributed by atoms with Crippen LogP contribution in [0.1, 0.15) is 56.2 Å². The summed E-state index contributed by atoms with van der Waals surface area (Å²) in [5.74, 6) is 1.28. The first-order chi connectivity index (χ1) is 17.2. The van der Waals surface area contributed by atoms with E-state index in [1.54, 1.807) is 4.90 Å². The molecular formula is C29H35F3N2O2. The number of hydrogen-bond donors (Lipinski definition) is 0. The summed E-state index contributed by atoms with van der Waals surface area (Å²) in [5, 5.41) is 0. The molecule has 36 heavy (non-hydrogen) atoms. The van der Waals surface area contributed by atoms with Gasteiger partial charge in [-0.05, 0) is 80.9 Å². The van der Waals surface area contributed by atoms with E-state index in [1.807, 2.05) is 0 Å². The first-order valence-electron chi connectivity index (χ1n) is 13.1. The van der Waals surface area contributed by atoms with Crippen molar-refractivity contribution in [1.29, 1.82) is 0 Å². The number of carbonyl (C=O) groups excluding carboxylic acids is 1. The zero-order valence-electron chi connectivity index (χ0n) is 21.1. The molecule has 0 saturated carbocycles. The SMILES string of the molecule is CC(C)C1(CCN2CCC(Cc3ccccc3)CC2)CC2Oc3ccc(C(F)(F)F)cc3CN2C1=O.